The molecule has 0 spiro atoms. The van der Waals surface area contributed by atoms with Crippen LogP contribution < -0.4 is 0 Å². The van der Waals surface area contributed by atoms with Crippen LogP contribution in [0.2, 0.25) is 0 Å². The van der Waals surface area contributed by atoms with Crippen LogP contribution in [-0.2, 0) is 4.74 Å². The van der Waals surface area contributed by atoms with Crippen molar-refractivity contribution in [2.75, 3.05) is 6.61 Å². The minimum absolute atomic E-state index is 0.0650. The van der Waals surface area contributed by atoms with Gasteiger partial charge in [0.1, 0.15) is 0 Å². The third-order valence-electron chi connectivity index (χ3n) is 3.61. The highest BCUT2D eigenvalue weighted by molar-refractivity contribution is 5.98. The first-order valence-electron chi connectivity index (χ1n) is 6.62. The van der Waals surface area contributed by atoms with Gasteiger partial charge in [0.2, 0.25) is 0 Å². The Morgan fingerprint density at radius 2 is 1.58 bits per heavy atom. The van der Waals surface area contributed by atoms with Gasteiger partial charge in [-0.25, -0.2) is 0 Å². The van der Waals surface area contributed by atoms with Crippen LogP contribution in [0.5, 0.6) is 0 Å². The first kappa shape index (κ1) is 12.1. The summed E-state index contributed by atoms with van der Waals surface area (Å²) in [5.74, 6) is 0.122. The molecule has 0 N–H and O–H groups in total. The molecule has 0 radical (unpaired) electrons. The molecule has 19 heavy (non-hydrogen) atoms. The van der Waals surface area contributed by atoms with Gasteiger partial charge in [0.15, 0.2) is 5.78 Å². The van der Waals surface area contributed by atoms with E-state index in [0.29, 0.717) is 6.61 Å². The van der Waals surface area contributed by atoms with E-state index in [0.717, 1.165) is 17.5 Å². The molecule has 0 saturated carbocycles. The Hall–Kier alpha value is -1.93. The van der Waals surface area contributed by atoms with Crippen molar-refractivity contribution in [1.82, 2.24) is 0 Å². The maximum atomic E-state index is 12.6. The van der Waals surface area contributed by atoms with Crippen molar-refractivity contribution < 1.29 is 9.53 Å². The topological polar surface area (TPSA) is 26.3 Å². The van der Waals surface area contributed by atoms with Crippen LogP contribution in [0, 0.1) is 5.92 Å². The monoisotopic (exact) mass is 252 g/mol. The van der Waals surface area contributed by atoms with Crippen molar-refractivity contribution in [2.45, 2.75) is 12.5 Å². The molecular formula is C17H16O2. The first-order valence-corrected chi connectivity index (χ1v) is 6.62. The maximum Gasteiger partial charge on any atom is 0.168 e. The van der Waals surface area contributed by atoms with E-state index in [1.54, 1.807) is 0 Å². The van der Waals surface area contributed by atoms with Gasteiger partial charge in [0, 0.05) is 12.2 Å². The average molecular weight is 252 g/mol. The minimum Gasteiger partial charge on any atom is -0.373 e. The minimum atomic E-state index is -0.103. The van der Waals surface area contributed by atoms with Crippen molar-refractivity contribution >= 4 is 5.78 Å². The van der Waals surface area contributed by atoms with Gasteiger partial charge in [-0.15, -0.1) is 0 Å². The van der Waals surface area contributed by atoms with Crippen molar-refractivity contribution in [1.29, 1.82) is 0 Å². The molecule has 3 rings (SSSR count). The molecule has 0 amide bonds. The summed E-state index contributed by atoms with van der Waals surface area (Å²) < 4.78 is 5.77. The molecule has 1 heterocycles. The fourth-order valence-electron chi connectivity index (χ4n) is 2.65. The smallest absolute Gasteiger partial charge is 0.168 e. The highest BCUT2D eigenvalue weighted by Gasteiger charge is 2.35. The van der Waals surface area contributed by atoms with E-state index in [1.807, 2.05) is 60.7 Å². The highest BCUT2D eigenvalue weighted by Crippen LogP contribution is 2.36. The van der Waals surface area contributed by atoms with Gasteiger partial charge >= 0.3 is 0 Å². The molecule has 1 aliphatic rings. The van der Waals surface area contributed by atoms with Crippen LogP contribution >= 0.6 is 0 Å². The number of Topliss-reactive ketones (excluding diaryl/α,β-unsaturated/α-hetero) is 1. The van der Waals surface area contributed by atoms with Crippen LogP contribution in [0.25, 0.3) is 0 Å². The number of carbonyl (C=O) groups is 1. The van der Waals surface area contributed by atoms with Crippen LogP contribution in [0.15, 0.2) is 60.7 Å². The molecular weight excluding hydrogens is 236 g/mol. The van der Waals surface area contributed by atoms with Gasteiger partial charge in [-0.2, -0.15) is 0 Å². The number of hydrogen-bond donors (Lipinski definition) is 0. The second-order valence-corrected chi connectivity index (χ2v) is 4.83. The summed E-state index contributed by atoms with van der Waals surface area (Å²) in [5, 5.41) is 0. The Balaban J connectivity index is 1.86. The van der Waals surface area contributed by atoms with E-state index in [1.165, 1.54) is 0 Å². The lowest BCUT2D eigenvalue weighted by Crippen LogP contribution is -2.18. The van der Waals surface area contributed by atoms with Crippen LogP contribution in [-0.4, -0.2) is 12.4 Å². The predicted molar refractivity (Wildman–Crippen MR) is 74.0 cm³/mol. The maximum absolute atomic E-state index is 12.6. The fourth-order valence-corrected chi connectivity index (χ4v) is 2.65. The molecule has 2 aromatic carbocycles. The van der Waals surface area contributed by atoms with Gasteiger partial charge in [0.05, 0.1) is 12.0 Å². The SMILES string of the molecule is O=C(c1ccccc1)[C@@H]1CCO[C@@H]1c1ccccc1. The summed E-state index contributed by atoms with van der Waals surface area (Å²) in [6.07, 6.45) is 0.696. The van der Waals surface area contributed by atoms with Crippen molar-refractivity contribution in [3.8, 4) is 0 Å². The molecule has 2 nitrogen and oxygen atoms in total. The summed E-state index contributed by atoms with van der Waals surface area (Å²) in [6.45, 7) is 0.656. The number of ether oxygens (including phenoxy) is 1. The summed E-state index contributed by atoms with van der Waals surface area (Å²) in [6, 6.07) is 19.5. The van der Waals surface area contributed by atoms with E-state index in [9.17, 15) is 4.79 Å². The van der Waals surface area contributed by atoms with Crippen LogP contribution in [0.4, 0.5) is 0 Å². The normalized spacial score (nSPS) is 22.3. The Labute approximate surface area is 113 Å². The molecule has 0 unspecified atom stereocenters. The standard InChI is InChI=1S/C17H16O2/c18-16(13-7-3-1-4-8-13)15-11-12-19-17(15)14-9-5-2-6-10-14/h1-10,15,17H,11-12H2/t15-,17+/m0/s1. The average Bonchev–Trinajstić information content (AvgIpc) is 2.98. The molecule has 96 valence electrons. The predicted octanol–water partition coefficient (Wildman–Crippen LogP) is 3.65. The third kappa shape index (κ3) is 2.45. The van der Waals surface area contributed by atoms with E-state index in [4.69, 9.17) is 4.74 Å². The molecule has 0 aromatic heterocycles. The van der Waals surface area contributed by atoms with Gasteiger partial charge in [-0.1, -0.05) is 60.7 Å². The van der Waals surface area contributed by atoms with Crippen molar-refractivity contribution in [3.63, 3.8) is 0 Å². The number of rotatable bonds is 3. The van der Waals surface area contributed by atoms with Crippen molar-refractivity contribution in [3.05, 3.63) is 71.8 Å². The summed E-state index contributed by atoms with van der Waals surface area (Å²) in [7, 11) is 0. The Kier molecular flexibility index (Phi) is 3.43. The zero-order chi connectivity index (χ0) is 13.1. The van der Waals surface area contributed by atoms with Gasteiger partial charge < -0.3 is 4.74 Å². The molecule has 1 aliphatic heterocycles. The molecule has 0 aliphatic carbocycles. The molecule has 1 saturated heterocycles. The van der Waals surface area contributed by atoms with Gasteiger partial charge in [-0.05, 0) is 12.0 Å². The van der Waals surface area contributed by atoms with Gasteiger partial charge in [0.25, 0.3) is 0 Å². The summed E-state index contributed by atoms with van der Waals surface area (Å²) in [5.41, 5.74) is 1.87. The third-order valence-corrected chi connectivity index (χ3v) is 3.61. The number of ketones is 1. The lowest BCUT2D eigenvalue weighted by Gasteiger charge is -2.17. The number of hydrogen-bond acceptors (Lipinski definition) is 2. The van der Waals surface area contributed by atoms with E-state index in [-0.39, 0.29) is 17.8 Å². The lowest BCUT2D eigenvalue weighted by atomic mass is 9.88. The zero-order valence-electron chi connectivity index (χ0n) is 10.7. The lowest BCUT2D eigenvalue weighted by molar-refractivity contribution is 0.0701. The molecule has 1 fully saturated rings. The largest absolute Gasteiger partial charge is 0.373 e. The second-order valence-electron chi connectivity index (χ2n) is 4.83. The fraction of sp³-hybridized carbons (Fsp3) is 0.235. The Bertz CT molecular complexity index is 548. The van der Waals surface area contributed by atoms with Crippen molar-refractivity contribution in [2.24, 2.45) is 5.92 Å². The molecule has 2 aromatic rings. The quantitative estimate of drug-likeness (QED) is 0.779. The summed E-state index contributed by atoms with van der Waals surface area (Å²) in [4.78, 5) is 12.6. The van der Waals surface area contributed by atoms with Crippen LogP contribution in [0.3, 0.4) is 0 Å². The van der Waals surface area contributed by atoms with E-state index >= 15 is 0 Å². The highest BCUT2D eigenvalue weighted by atomic mass is 16.5. The van der Waals surface area contributed by atoms with Crippen LogP contribution in [0.1, 0.15) is 28.4 Å². The Morgan fingerprint density at radius 1 is 0.947 bits per heavy atom. The summed E-state index contributed by atoms with van der Waals surface area (Å²) >= 11 is 0. The molecule has 0 bridgehead atoms. The van der Waals surface area contributed by atoms with Gasteiger partial charge in [-0.3, -0.25) is 4.79 Å². The second kappa shape index (κ2) is 5.37. The Morgan fingerprint density at radius 3 is 2.26 bits per heavy atom. The van der Waals surface area contributed by atoms with E-state index in [2.05, 4.69) is 0 Å². The zero-order valence-corrected chi connectivity index (χ0v) is 10.7. The molecule has 2 heteroatoms. The number of carbonyl (C=O) groups excluding carboxylic acids is 1. The first-order chi connectivity index (χ1) is 9.36. The van der Waals surface area contributed by atoms with E-state index < -0.39 is 0 Å². The molecule has 2 atom stereocenters. The number of benzene rings is 2.